The number of nitrogens with one attached hydrogen (secondary N) is 2. The molecule has 6 heteroatoms. The molecule has 1 aliphatic heterocycles. The van der Waals surface area contributed by atoms with E-state index in [1.807, 2.05) is 31.3 Å². The molecule has 3 aromatic rings. The molecule has 1 aromatic carbocycles. The molecule has 0 aliphatic carbocycles. The molecule has 0 unspecified atom stereocenters. The van der Waals surface area contributed by atoms with Crippen LogP contribution < -0.4 is 15.5 Å². The molecule has 0 bridgehead atoms. The average Bonchev–Trinajstić information content (AvgIpc) is 2.74. The van der Waals surface area contributed by atoms with Crippen LogP contribution in [0.3, 0.4) is 0 Å². The topological polar surface area (TPSA) is 66.0 Å². The van der Waals surface area contributed by atoms with Crippen molar-refractivity contribution in [2.75, 3.05) is 28.6 Å². The van der Waals surface area contributed by atoms with Crippen LogP contribution in [0, 0.1) is 12.8 Å². The smallest absolute Gasteiger partial charge is 0.229 e. The first-order valence-corrected chi connectivity index (χ1v) is 10.3. The Morgan fingerprint density at radius 3 is 2.59 bits per heavy atom. The number of hydrogen-bond donors (Lipinski definition) is 2. The first kappa shape index (κ1) is 19.2. The minimum Gasteiger partial charge on any atom is -0.372 e. The van der Waals surface area contributed by atoms with E-state index in [1.165, 1.54) is 18.5 Å². The number of anilines is 4. The Bertz CT molecular complexity index is 918. The van der Waals surface area contributed by atoms with Gasteiger partial charge in [0.25, 0.3) is 0 Å². The van der Waals surface area contributed by atoms with Crippen LogP contribution in [0.2, 0.25) is 0 Å². The Kier molecular flexibility index (Phi) is 5.89. The number of aromatic nitrogens is 3. The first-order chi connectivity index (χ1) is 14.2. The highest BCUT2D eigenvalue weighted by molar-refractivity contribution is 5.60. The van der Waals surface area contributed by atoms with Gasteiger partial charge in [-0.2, -0.15) is 4.98 Å². The molecule has 150 valence electrons. The predicted molar refractivity (Wildman–Crippen MR) is 119 cm³/mol. The van der Waals surface area contributed by atoms with E-state index in [2.05, 4.69) is 61.7 Å². The summed E-state index contributed by atoms with van der Waals surface area (Å²) >= 11 is 0. The van der Waals surface area contributed by atoms with E-state index in [9.17, 15) is 0 Å². The highest BCUT2D eigenvalue weighted by atomic mass is 15.2. The predicted octanol–water partition coefficient (Wildman–Crippen LogP) is 4.77. The number of piperidine rings is 1. The lowest BCUT2D eigenvalue weighted by molar-refractivity contribution is 0.438. The number of rotatable bonds is 6. The van der Waals surface area contributed by atoms with E-state index in [1.54, 1.807) is 6.20 Å². The van der Waals surface area contributed by atoms with Crippen molar-refractivity contribution in [2.24, 2.45) is 5.92 Å². The lowest BCUT2D eigenvalue weighted by atomic mass is 9.99. The van der Waals surface area contributed by atoms with Gasteiger partial charge in [0, 0.05) is 55.2 Å². The molecule has 0 saturated carbocycles. The van der Waals surface area contributed by atoms with Crippen molar-refractivity contribution in [2.45, 2.75) is 33.2 Å². The van der Waals surface area contributed by atoms with Crippen LogP contribution in [0.5, 0.6) is 0 Å². The van der Waals surface area contributed by atoms with Gasteiger partial charge in [0.1, 0.15) is 5.82 Å². The largest absolute Gasteiger partial charge is 0.372 e. The van der Waals surface area contributed by atoms with Gasteiger partial charge in [0.2, 0.25) is 5.95 Å². The highest BCUT2D eigenvalue weighted by Gasteiger charge is 2.15. The summed E-state index contributed by atoms with van der Waals surface area (Å²) < 4.78 is 0. The van der Waals surface area contributed by atoms with Crippen LogP contribution in [-0.4, -0.2) is 28.0 Å². The average molecular weight is 389 g/mol. The van der Waals surface area contributed by atoms with Crippen molar-refractivity contribution in [3.05, 3.63) is 66.1 Å². The minimum absolute atomic E-state index is 0.596. The molecule has 29 heavy (non-hydrogen) atoms. The van der Waals surface area contributed by atoms with Crippen LogP contribution in [-0.2, 0) is 6.54 Å². The van der Waals surface area contributed by atoms with Gasteiger partial charge in [0.05, 0.1) is 0 Å². The number of hydrogen-bond acceptors (Lipinski definition) is 6. The highest BCUT2D eigenvalue weighted by Crippen LogP contribution is 2.25. The number of pyridine rings is 1. The molecule has 2 N–H and O–H groups in total. The molecule has 1 saturated heterocycles. The van der Waals surface area contributed by atoms with Crippen molar-refractivity contribution in [1.29, 1.82) is 0 Å². The zero-order valence-electron chi connectivity index (χ0n) is 17.1. The van der Waals surface area contributed by atoms with Crippen molar-refractivity contribution in [1.82, 2.24) is 15.0 Å². The van der Waals surface area contributed by atoms with Crippen LogP contribution in [0.4, 0.5) is 23.1 Å². The summed E-state index contributed by atoms with van der Waals surface area (Å²) in [5.41, 5.74) is 4.30. The Labute approximate surface area is 172 Å². The summed E-state index contributed by atoms with van der Waals surface area (Å²) in [5, 5.41) is 6.67. The maximum Gasteiger partial charge on any atom is 0.229 e. The third kappa shape index (κ3) is 5.22. The molecule has 4 rings (SSSR count). The molecule has 1 fully saturated rings. The van der Waals surface area contributed by atoms with Gasteiger partial charge in [-0.05, 0) is 61.6 Å². The van der Waals surface area contributed by atoms with E-state index in [0.29, 0.717) is 12.5 Å². The molecular formula is C23H28N6. The molecule has 0 amide bonds. The third-order valence-electron chi connectivity index (χ3n) is 5.32. The fourth-order valence-electron chi connectivity index (χ4n) is 3.56. The van der Waals surface area contributed by atoms with E-state index < -0.39 is 0 Å². The fourth-order valence-corrected chi connectivity index (χ4v) is 3.56. The molecule has 3 heterocycles. The summed E-state index contributed by atoms with van der Waals surface area (Å²) in [5.74, 6) is 2.23. The summed E-state index contributed by atoms with van der Waals surface area (Å²) in [6.07, 6.45) is 6.17. The molecule has 0 atom stereocenters. The minimum atomic E-state index is 0.596. The van der Waals surface area contributed by atoms with Gasteiger partial charge >= 0.3 is 0 Å². The SMILES string of the molecule is Cc1cc(NCc2cccnc2)nc(Nc2ccc(N3CCC(C)CC3)cc2)n1. The summed E-state index contributed by atoms with van der Waals surface area (Å²) in [6.45, 7) is 7.27. The number of nitrogens with zero attached hydrogens (tertiary/aromatic N) is 4. The van der Waals surface area contributed by atoms with Crippen LogP contribution in [0.15, 0.2) is 54.9 Å². The van der Waals surface area contributed by atoms with E-state index in [0.717, 1.165) is 41.8 Å². The number of benzene rings is 1. The zero-order valence-corrected chi connectivity index (χ0v) is 17.1. The van der Waals surface area contributed by atoms with Gasteiger partial charge in [-0.15, -0.1) is 0 Å². The van der Waals surface area contributed by atoms with Crippen LogP contribution in [0.25, 0.3) is 0 Å². The second-order valence-corrected chi connectivity index (χ2v) is 7.77. The second-order valence-electron chi connectivity index (χ2n) is 7.77. The van der Waals surface area contributed by atoms with Gasteiger partial charge in [0.15, 0.2) is 0 Å². The second kappa shape index (κ2) is 8.90. The van der Waals surface area contributed by atoms with E-state index >= 15 is 0 Å². The quantitative estimate of drug-likeness (QED) is 0.634. The summed E-state index contributed by atoms with van der Waals surface area (Å²) in [6, 6.07) is 14.5. The lowest BCUT2D eigenvalue weighted by Gasteiger charge is -2.32. The van der Waals surface area contributed by atoms with Crippen LogP contribution >= 0.6 is 0 Å². The molecule has 6 nitrogen and oxygen atoms in total. The number of aryl methyl sites for hydroxylation is 1. The molecule has 0 radical (unpaired) electrons. The fraction of sp³-hybridized carbons (Fsp3) is 0.348. The third-order valence-corrected chi connectivity index (χ3v) is 5.32. The Morgan fingerprint density at radius 2 is 1.86 bits per heavy atom. The van der Waals surface area contributed by atoms with Gasteiger partial charge in [-0.1, -0.05) is 13.0 Å². The van der Waals surface area contributed by atoms with Crippen molar-refractivity contribution < 1.29 is 0 Å². The van der Waals surface area contributed by atoms with E-state index in [-0.39, 0.29) is 0 Å². The van der Waals surface area contributed by atoms with Crippen molar-refractivity contribution in [3.8, 4) is 0 Å². The lowest BCUT2D eigenvalue weighted by Crippen LogP contribution is -2.32. The zero-order chi connectivity index (χ0) is 20.1. The monoisotopic (exact) mass is 388 g/mol. The molecule has 1 aliphatic rings. The normalized spacial score (nSPS) is 14.6. The van der Waals surface area contributed by atoms with Crippen molar-refractivity contribution in [3.63, 3.8) is 0 Å². The standard InChI is InChI=1S/C23H28N6/c1-17-9-12-29(13-10-17)21-7-5-20(6-8-21)27-23-26-18(2)14-22(28-23)25-16-19-4-3-11-24-15-19/h3-8,11,14-15,17H,9-10,12-13,16H2,1-2H3,(H2,25,26,27,28). The first-order valence-electron chi connectivity index (χ1n) is 10.3. The van der Waals surface area contributed by atoms with Gasteiger partial charge < -0.3 is 15.5 Å². The summed E-state index contributed by atoms with van der Waals surface area (Å²) in [4.78, 5) is 15.7. The molecule has 2 aromatic heterocycles. The van der Waals surface area contributed by atoms with Gasteiger partial charge in [-0.3, -0.25) is 4.98 Å². The van der Waals surface area contributed by atoms with Crippen LogP contribution in [0.1, 0.15) is 31.0 Å². The van der Waals surface area contributed by atoms with Gasteiger partial charge in [-0.25, -0.2) is 4.98 Å². The van der Waals surface area contributed by atoms with E-state index in [4.69, 9.17) is 0 Å². The Morgan fingerprint density at radius 1 is 1.07 bits per heavy atom. The summed E-state index contributed by atoms with van der Waals surface area (Å²) in [7, 11) is 0. The maximum absolute atomic E-state index is 4.60. The van der Waals surface area contributed by atoms with Crippen molar-refractivity contribution >= 4 is 23.1 Å². The maximum atomic E-state index is 4.60. The Hall–Kier alpha value is -3.15. The molecular weight excluding hydrogens is 360 g/mol. The molecule has 0 spiro atoms. The Balaban J connectivity index is 1.40.